The molecule has 1 aromatic heterocycles. The molecule has 2 heterocycles. The zero-order valence-corrected chi connectivity index (χ0v) is 12.7. The molecule has 6 heteroatoms. The number of pyridine rings is 1. The number of nitrogens with one attached hydrogen (secondary N) is 2. The summed E-state index contributed by atoms with van der Waals surface area (Å²) in [7, 11) is 1.76. The number of aromatic nitrogens is 1. The van der Waals surface area contributed by atoms with Crippen LogP contribution in [0, 0.1) is 0 Å². The van der Waals surface area contributed by atoms with Gasteiger partial charge in [-0.05, 0) is 38.9 Å². The van der Waals surface area contributed by atoms with Crippen LogP contribution in [-0.4, -0.2) is 48.5 Å². The van der Waals surface area contributed by atoms with E-state index in [2.05, 4.69) is 20.5 Å². The van der Waals surface area contributed by atoms with E-state index in [0.29, 0.717) is 16.4 Å². The highest BCUT2D eigenvalue weighted by Gasteiger charge is 2.18. The van der Waals surface area contributed by atoms with Gasteiger partial charge in [0.1, 0.15) is 5.82 Å². The summed E-state index contributed by atoms with van der Waals surface area (Å²) in [4.78, 5) is 18.7. The van der Waals surface area contributed by atoms with Crippen molar-refractivity contribution >= 4 is 23.3 Å². The summed E-state index contributed by atoms with van der Waals surface area (Å²) in [6.45, 7) is 5.15. The Morgan fingerprint density at radius 2 is 2.20 bits per heavy atom. The van der Waals surface area contributed by atoms with Crippen LogP contribution in [0.4, 0.5) is 5.82 Å². The third kappa shape index (κ3) is 3.84. The first-order chi connectivity index (χ1) is 9.60. The Bertz CT molecular complexity index is 474. The predicted molar refractivity (Wildman–Crippen MR) is 81.4 cm³/mol. The molecule has 1 saturated heterocycles. The first-order valence-corrected chi connectivity index (χ1v) is 7.34. The first-order valence-electron chi connectivity index (χ1n) is 6.96. The quantitative estimate of drug-likeness (QED) is 0.872. The maximum absolute atomic E-state index is 12.2. The van der Waals surface area contributed by atoms with E-state index in [1.165, 1.54) is 19.0 Å². The van der Waals surface area contributed by atoms with E-state index in [9.17, 15) is 4.79 Å². The van der Waals surface area contributed by atoms with Crippen molar-refractivity contribution in [1.82, 2.24) is 15.2 Å². The second-order valence-electron chi connectivity index (χ2n) is 5.18. The number of rotatable bonds is 5. The first kappa shape index (κ1) is 15.1. The molecule has 0 aromatic carbocycles. The fourth-order valence-electron chi connectivity index (χ4n) is 2.45. The summed E-state index contributed by atoms with van der Waals surface area (Å²) in [6, 6.07) is 1.77. The Kier molecular flexibility index (Phi) is 5.20. The molecule has 1 amide bonds. The monoisotopic (exact) mass is 296 g/mol. The molecule has 1 aromatic rings. The number of likely N-dealkylation sites (tertiary alicyclic amines) is 1. The molecule has 0 saturated carbocycles. The van der Waals surface area contributed by atoms with E-state index >= 15 is 0 Å². The minimum Gasteiger partial charge on any atom is -0.373 e. The van der Waals surface area contributed by atoms with Crippen LogP contribution in [0.1, 0.15) is 30.1 Å². The van der Waals surface area contributed by atoms with Crippen LogP contribution in [-0.2, 0) is 0 Å². The summed E-state index contributed by atoms with van der Waals surface area (Å²) < 4.78 is 0. The normalized spacial score (nSPS) is 16.9. The number of hydrogen-bond acceptors (Lipinski definition) is 4. The molecule has 110 valence electrons. The molecule has 20 heavy (non-hydrogen) atoms. The lowest BCUT2D eigenvalue weighted by atomic mass is 10.2. The van der Waals surface area contributed by atoms with E-state index in [0.717, 1.165) is 19.6 Å². The van der Waals surface area contributed by atoms with Crippen LogP contribution >= 0.6 is 11.6 Å². The van der Waals surface area contributed by atoms with E-state index in [4.69, 9.17) is 11.6 Å². The fourth-order valence-corrected chi connectivity index (χ4v) is 2.64. The van der Waals surface area contributed by atoms with Crippen molar-refractivity contribution in [2.75, 3.05) is 32.0 Å². The molecule has 1 unspecified atom stereocenters. The van der Waals surface area contributed by atoms with Crippen LogP contribution in [0.5, 0.6) is 0 Å². The summed E-state index contributed by atoms with van der Waals surface area (Å²) in [5.74, 6) is 0.479. The van der Waals surface area contributed by atoms with Gasteiger partial charge in [0.05, 0.1) is 10.6 Å². The fraction of sp³-hybridized carbons (Fsp3) is 0.571. The molecular formula is C14H21ClN4O. The highest BCUT2D eigenvalue weighted by molar-refractivity contribution is 6.33. The molecule has 5 nitrogen and oxygen atoms in total. The van der Waals surface area contributed by atoms with E-state index < -0.39 is 0 Å². The predicted octanol–water partition coefficient (Wildman–Crippen LogP) is 1.99. The van der Waals surface area contributed by atoms with E-state index in [1.54, 1.807) is 13.1 Å². The second-order valence-corrected chi connectivity index (χ2v) is 5.59. The van der Waals surface area contributed by atoms with Crippen molar-refractivity contribution in [3.05, 3.63) is 22.8 Å². The number of carbonyl (C=O) groups excluding carboxylic acids is 1. The Morgan fingerprint density at radius 1 is 1.50 bits per heavy atom. The van der Waals surface area contributed by atoms with Crippen molar-refractivity contribution in [3.8, 4) is 0 Å². The summed E-state index contributed by atoms with van der Waals surface area (Å²) in [5, 5.41) is 6.27. The molecule has 0 radical (unpaired) electrons. The van der Waals surface area contributed by atoms with Gasteiger partial charge in [-0.15, -0.1) is 0 Å². The zero-order chi connectivity index (χ0) is 14.5. The van der Waals surface area contributed by atoms with Gasteiger partial charge in [-0.2, -0.15) is 0 Å². The van der Waals surface area contributed by atoms with Gasteiger partial charge in [-0.3, -0.25) is 4.79 Å². The molecule has 2 rings (SSSR count). The molecule has 1 fully saturated rings. The largest absolute Gasteiger partial charge is 0.373 e. The minimum atomic E-state index is -0.152. The maximum atomic E-state index is 12.2. The lowest BCUT2D eigenvalue weighted by molar-refractivity contribution is 0.0932. The van der Waals surface area contributed by atoms with Gasteiger partial charge in [0, 0.05) is 25.8 Å². The number of anilines is 1. The smallest absolute Gasteiger partial charge is 0.253 e. The van der Waals surface area contributed by atoms with Crippen LogP contribution in [0.3, 0.4) is 0 Å². The van der Waals surface area contributed by atoms with Gasteiger partial charge >= 0.3 is 0 Å². The van der Waals surface area contributed by atoms with Gasteiger partial charge in [0.25, 0.3) is 5.91 Å². The van der Waals surface area contributed by atoms with Crippen molar-refractivity contribution < 1.29 is 4.79 Å². The highest BCUT2D eigenvalue weighted by Crippen LogP contribution is 2.18. The van der Waals surface area contributed by atoms with Crippen LogP contribution in [0.25, 0.3) is 0 Å². The van der Waals surface area contributed by atoms with E-state index in [1.807, 2.05) is 6.92 Å². The second kappa shape index (κ2) is 6.90. The Labute approximate surface area is 124 Å². The third-order valence-corrected chi connectivity index (χ3v) is 3.77. The SMILES string of the molecule is CNc1cc(C(=O)NC(C)CN2CCCC2)c(Cl)cn1. The van der Waals surface area contributed by atoms with Crippen molar-refractivity contribution in [1.29, 1.82) is 0 Å². The number of hydrogen-bond donors (Lipinski definition) is 2. The zero-order valence-electron chi connectivity index (χ0n) is 11.9. The van der Waals surface area contributed by atoms with Crippen molar-refractivity contribution in [2.24, 2.45) is 0 Å². The molecule has 0 spiro atoms. The number of carbonyl (C=O) groups is 1. The average molecular weight is 297 g/mol. The van der Waals surface area contributed by atoms with Gasteiger partial charge in [0.15, 0.2) is 0 Å². The molecule has 1 aliphatic rings. The molecule has 0 bridgehead atoms. The molecule has 0 aliphatic carbocycles. The van der Waals surface area contributed by atoms with Crippen LogP contribution in [0.15, 0.2) is 12.3 Å². The number of halogens is 1. The van der Waals surface area contributed by atoms with Gasteiger partial charge in [0.2, 0.25) is 0 Å². The Hall–Kier alpha value is -1.33. The highest BCUT2D eigenvalue weighted by atomic mass is 35.5. The lowest BCUT2D eigenvalue weighted by Crippen LogP contribution is -2.41. The van der Waals surface area contributed by atoms with Gasteiger partial charge in [-0.25, -0.2) is 4.98 Å². The molecule has 1 atom stereocenters. The number of nitrogens with zero attached hydrogens (tertiary/aromatic N) is 2. The van der Waals surface area contributed by atoms with Crippen molar-refractivity contribution in [2.45, 2.75) is 25.8 Å². The summed E-state index contributed by atoms with van der Waals surface area (Å²) >= 11 is 6.04. The van der Waals surface area contributed by atoms with Crippen LogP contribution in [0.2, 0.25) is 5.02 Å². The molecular weight excluding hydrogens is 276 g/mol. The molecule has 2 N–H and O–H groups in total. The Morgan fingerprint density at radius 3 is 2.85 bits per heavy atom. The van der Waals surface area contributed by atoms with Gasteiger partial charge in [-0.1, -0.05) is 11.6 Å². The number of amides is 1. The summed E-state index contributed by atoms with van der Waals surface area (Å²) in [6.07, 6.45) is 4.00. The van der Waals surface area contributed by atoms with Gasteiger partial charge < -0.3 is 15.5 Å². The minimum absolute atomic E-state index is 0.0999. The average Bonchev–Trinajstić information content (AvgIpc) is 2.91. The standard InChI is InChI=1S/C14H21ClN4O/c1-10(9-19-5-3-4-6-19)18-14(20)11-7-13(16-2)17-8-12(11)15/h7-8,10H,3-6,9H2,1-2H3,(H,16,17)(H,18,20). The summed E-state index contributed by atoms with van der Waals surface area (Å²) in [5.41, 5.74) is 0.458. The lowest BCUT2D eigenvalue weighted by Gasteiger charge is -2.21. The van der Waals surface area contributed by atoms with Crippen LogP contribution < -0.4 is 10.6 Å². The third-order valence-electron chi connectivity index (χ3n) is 3.46. The van der Waals surface area contributed by atoms with Crippen molar-refractivity contribution in [3.63, 3.8) is 0 Å². The topological polar surface area (TPSA) is 57.3 Å². The van der Waals surface area contributed by atoms with E-state index in [-0.39, 0.29) is 11.9 Å². The maximum Gasteiger partial charge on any atom is 0.253 e. The molecule has 1 aliphatic heterocycles. The Balaban J connectivity index is 1.96.